The van der Waals surface area contributed by atoms with Crippen molar-refractivity contribution in [1.29, 1.82) is 0 Å². The summed E-state index contributed by atoms with van der Waals surface area (Å²) in [6, 6.07) is 0. The summed E-state index contributed by atoms with van der Waals surface area (Å²) in [5.41, 5.74) is 0. The topological polar surface area (TPSA) is 0 Å². The number of rotatable bonds is 13. The first-order chi connectivity index (χ1) is 11.2. The molecule has 24 heavy (non-hydrogen) atoms. The van der Waals surface area contributed by atoms with Gasteiger partial charge in [-0.3, -0.25) is 0 Å². The van der Waals surface area contributed by atoms with Crippen LogP contribution in [0.25, 0.3) is 0 Å². The van der Waals surface area contributed by atoms with E-state index in [9.17, 15) is 0 Å². The zero-order chi connectivity index (χ0) is 18.3. The quantitative estimate of drug-likeness (QED) is 0.128. The van der Waals surface area contributed by atoms with Crippen molar-refractivity contribution in [2.75, 3.05) is 6.66 Å². The number of unbranched alkanes of at least 4 members (excludes halogenated alkanes) is 6. The van der Waals surface area contributed by atoms with Gasteiger partial charge >= 0.3 is 18.6 Å². The first kappa shape index (κ1) is 32.4. The molecule has 145 valence electrons. The van der Waals surface area contributed by atoms with E-state index >= 15 is 0 Å². The van der Waals surface area contributed by atoms with Crippen LogP contribution < -0.4 is 0 Å². The van der Waals surface area contributed by atoms with Gasteiger partial charge in [0.1, 0.15) is 0 Å². The van der Waals surface area contributed by atoms with Crippen LogP contribution in [0.2, 0.25) is 0 Å². The van der Waals surface area contributed by atoms with Gasteiger partial charge in [-0.25, -0.2) is 0 Å². The van der Waals surface area contributed by atoms with Crippen molar-refractivity contribution >= 4 is 9.24 Å². The molecule has 1 radical (unpaired) electrons. The largest absolute Gasteiger partial charge is 2.00 e. The Morgan fingerprint density at radius 2 is 1.50 bits per heavy atom. The number of hydrogen-bond donors (Lipinski definition) is 0. The Balaban J connectivity index is -0.000000170. The van der Waals surface area contributed by atoms with Crippen LogP contribution >= 0.6 is 9.24 Å². The minimum Gasteiger partial charge on any atom is -0.343 e. The molecule has 0 fully saturated rings. The van der Waals surface area contributed by atoms with Gasteiger partial charge in [-0.05, 0) is 24.7 Å². The molecule has 0 heterocycles. The summed E-state index contributed by atoms with van der Waals surface area (Å²) in [5, 5.41) is 0. The van der Waals surface area contributed by atoms with Crippen molar-refractivity contribution in [2.45, 2.75) is 97.8 Å². The van der Waals surface area contributed by atoms with Crippen LogP contribution in [0.4, 0.5) is 0 Å². The summed E-state index contributed by atoms with van der Waals surface area (Å²) in [5.74, 6) is 1.80. The third-order valence-corrected chi connectivity index (χ3v) is 4.33. The first-order valence-corrected chi connectivity index (χ1v) is 11.1. The van der Waals surface area contributed by atoms with Gasteiger partial charge in [0, 0.05) is 0 Å². The summed E-state index contributed by atoms with van der Waals surface area (Å²) >= 11 is 0. The summed E-state index contributed by atoms with van der Waals surface area (Å²) in [6.07, 6.45) is 17.5. The minimum absolute atomic E-state index is 0. The second-order valence-corrected chi connectivity index (χ2v) is 6.28. The SMILES string of the molecule is C=CCCCC(C)C(CC)CCC[CH2-].CP.[CH2-]CCCCCC.[V+2]. The molecule has 0 saturated carbocycles. The van der Waals surface area contributed by atoms with E-state index in [4.69, 9.17) is 0 Å². The van der Waals surface area contributed by atoms with E-state index in [1.54, 1.807) is 0 Å². The summed E-state index contributed by atoms with van der Waals surface area (Å²) in [6.45, 7) is 20.3. The fourth-order valence-corrected chi connectivity index (χ4v) is 2.72. The van der Waals surface area contributed by atoms with Crippen LogP contribution in [0, 0.1) is 25.7 Å². The zero-order valence-corrected chi connectivity index (χ0v) is 19.9. The standard InChI is InChI=1S/C14H27.C7H15.CH5P.V/c1-5-8-10-11-13(4)14(7-3)12-9-6-2;1-3-5-7-6-4-2;1-2;/h5,13-14H,1-2,6-12H2,3-4H3;1,3-7H2,2H3;2H2,1H3;/q2*-1;;+2. The Morgan fingerprint density at radius 3 is 1.92 bits per heavy atom. The summed E-state index contributed by atoms with van der Waals surface area (Å²) in [7, 11) is 2.42. The summed E-state index contributed by atoms with van der Waals surface area (Å²) < 4.78 is 0. The Morgan fingerprint density at radius 1 is 0.917 bits per heavy atom. The fraction of sp³-hybridized carbons (Fsp3) is 0.818. The van der Waals surface area contributed by atoms with Crippen molar-refractivity contribution in [3.63, 3.8) is 0 Å². The van der Waals surface area contributed by atoms with Gasteiger partial charge in [-0.1, -0.05) is 84.9 Å². The van der Waals surface area contributed by atoms with Crippen LogP contribution in [0.3, 0.4) is 0 Å². The minimum atomic E-state index is 0. The molecular formula is C22H47PV. The van der Waals surface area contributed by atoms with Crippen LogP contribution in [0.5, 0.6) is 0 Å². The Bertz CT molecular complexity index is 190. The molecule has 0 aliphatic carbocycles. The average Bonchev–Trinajstić information content (AvgIpc) is 2.59. The van der Waals surface area contributed by atoms with Gasteiger partial charge in [-0.15, -0.1) is 15.8 Å². The predicted octanol–water partition coefficient (Wildman–Crippen LogP) is 8.29. The van der Waals surface area contributed by atoms with Gasteiger partial charge < -0.3 is 13.8 Å². The predicted molar refractivity (Wildman–Crippen MR) is 116 cm³/mol. The average molecular weight is 394 g/mol. The van der Waals surface area contributed by atoms with E-state index in [0.717, 1.165) is 24.7 Å². The summed E-state index contributed by atoms with van der Waals surface area (Å²) in [4.78, 5) is 0. The molecule has 0 aromatic heterocycles. The maximum absolute atomic E-state index is 3.91. The van der Waals surface area contributed by atoms with Gasteiger partial charge in [0.2, 0.25) is 0 Å². The molecule has 2 heteroatoms. The van der Waals surface area contributed by atoms with Crippen molar-refractivity contribution in [1.82, 2.24) is 0 Å². The molecule has 0 saturated heterocycles. The molecular weight excluding hydrogens is 346 g/mol. The van der Waals surface area contributed by atoms with E-state index in [0.29, 0.717) is 0 Å². The molecule has 0 nitrogen and oxygen atoms in total. The Kier molecular flexibility index (Phi) is 42.6. The maximum atomic E-state index is 3.91. The van der Waals surface area contributed by atoms with Gasteiger partial charge in [0.15, 0.2) is 0 Å². The van der Waals surface area contributed by atoms with Gasteiger partial charge in [0.25, 0.3) is 0 Å². The molecule has 0 bridgehead atoms. The van der Waals surface area contributed by atoms with Crippen LogP contribution in [0.1, 0.15) is 97.8 Å². The Hall–Kier alpha value is 0.754. The second-order valence-electron chi connectivity index (χ2n) is 6.28. The normalized spacial score (nSPS) is 11.8. The van der Waals surface area contributed by atoms with E-state index in [2.05, 4.69) is 50.4 Å². The van der Waals surface area contributed by atoms with E-state index < -0.39 is 0 Å². The van der Waals surface area contributed by atoms with E-state index in [1.165, 1.54) is 64.2 Å². The van der Waals surface area contributed by atoms with Crippen molar-refractivity contribution in [3.8, 4) is 0 Å². The first-order valence-electron chi connectivity index (χ1n) is 9.94. The third kappa shape index (κ3) is 27.6. The van der Waals surface area contributed by atoms with Gasteiger partial charge in [0.05, 0.1) is 0 Å². The van der Waals surface area contributed by atoms with E-state index in [-0.39, 0.29) is 18.6 Å². The smallest absolute Gasteiger partial charge is 0.343 e. The molecule has 0 aromatic carbocycles. The maximum Gasteiger partial charge on any atom is 2.00 e. The monoisotopic (exact) mass is 393 g/mol. The number of allylic oxidation sites excluding steroid dienone is 1. The molecule has 0 spiro atoms. The van der Waals surface area contributed by atoms with Crippen molar-refractivity contribution < 1.29 is 18.6 Å². The second kappa shape index (κ2) is 31.5. The van der Waals surface area contributed by atoms with Crippen LogP contribution in [-0.2, 0) is 18.6 Å². The molecule has 0 amide bonds. The van der Waals surface area contributed by atoms with Crippen LogP contribution in [0.15, 0.2) is 12.7 Å². The number of hydrogen-bond acceptors (Lipinski definition) is 0. The Labute approximate surface area is 170 Å². The molecule has 0 aromatic rings. The third-order valence-electron chi connectivity index (χ3n) is 4.33. The zero-order valence-electron chi connectivity index (χ0n) is 17.4. The van der Waals surface area contributed by atoms with Crippen LogP contribution in [-0.4, -0.2) is 6.66 Å². The van der Waals surface area contributed by atoms with Crippen molar-refractivity contribution in [3.05, 3.63) is 26.5 Å². The van der Waals surface area contributed by atoms with Crippen molar-refractivity contribution in [2.24, 2.45) is 11.8 Å². The molecule has 0 N–H and O–H groups in total. The molecule has 0 aliphatic heterocycles. The molecule has 0 rings (SSSR count). The fourth-order valence-electron chi connectivity index (χ4n) is 2.72. The molecule has 3 unspecified atom stereocenters. The molecule has 0 aliphatic rings. The molecule has 3 atom stereocenters. The van der Waals surface area contributed by atoms with E-state index in [1.807, 2.05) is 12.7 Å². The van der Waals surface area contributed by atoms with Gasteiger partial charge in [-0.2, -0.15) is 12.8 Å².